The third-order valence-corrected chi connectivity index (χ3v) is 4.64. The molecule has 2 amide bonds. The van der Waals surface area contributed by atoms with Crippen molar-refractivity contribution < 1.29 is 14.3 Å². The van der Waals surface area contributed by atoms with Crippen LogP contribution in [-0.4, -0.2) is 30.3 Å². The van der Waals surface area contributed by atoms with Crippen LogP contribution < -0.4 is 15.5 Å². The zero-order valence-corrected chi connectivity index (χ0v) is 14.8. The second-order valence-electron chi connectivity index (χ2n) is 6.61. The molecule has 1 fully saturated rings. The van der Waals surface area contributed by atoms with Crippen molar-refractivity contribution in [2.24, 2.45) is 0 Å². The highest BCUT2D eigenvalue weighted by molar-refractivity contribution is 5.89. The molecule has 0 saturated carbocycles. The third kappa shape index (κ3) is 4.52. The molecule has 1 heterocycles. The minimum Gasteiger partial charge on any atom is -0.393 e. The van der Waals surface area contributed by atoms with Gasteiger partial charge in [-0.3, -0.25) is 0 Å². The van der Waals surface area contributed by atoms with Gasteiger partial charge in [0.15, 0.2) is 0 Å². The number of anilines is 2. The summed E-state index contributed by atoms with van der Waals surface area (Å²) in [5.41, 5.74) is 2.32. The number of para-hydroxylation sites is 1. The Labute approximate surface area is 152 Å². The van der Waals surface area contributed by atoms with Crippen molar-refractivity contribution >= 4 is 17.4 Å². The van der Waals surface area contributed by atoms with Gasteiger partial charge in [-0.2, -0.15) is 0 Å². The average Bonchev–Trinajstić information content (AvgIpc) is 2.63. The molecule has 5 nitrogen and oxygen atoms in total. The Balaban J connectivity index is 1.72. The van der Waals surface area contributed by atoms with E-state index in [4.69, 9.17) is 0 Å². The van der Waals surface area contributed by atoms with Crippen LogP contribution in [0.15, 0.2) is 48.5 Å². The van der Waals surface area contributed by atoms with Crippen LogP contribution in [0.5, 0.6) is 0 Å². The van der Waals surface area contributed by atoms with Gasteiger partial charge in [-0.05, 0) is 50.1 Å². The van der Waals surface area contributed by atoms with E-state index in [1.54, 1.807) is 18.2 Å². The summed E-state index contributed by atoms with van der Waals surface area (Å²) >= 11 is 0. The summed E-state index contributed by atoms with van der Waals surface area (Å²) in [7, 11) is 0. The van der Waals surface area contributed by atoms with Gasteiger partial charge in [0.25, 0.3) is 0 Å². The summed E-state index contributed by atoms with van der Waals surface area (Å²) < 4.78 is 13.8. The highest BCUT2D eigenvalue weighted by Gasteiger charge is 2.22. The number of piperidine rings is 1. The summed E-state index contributed by atoms with van der Waals surface area (Å²) in [6, 6.07) is 13.1. The van der Waals surface area contributed by atoms with Crippen LogP contribution in [0.4, 0.5) is 20.6 Å². The molecule has 1 unspecified atom stereocenters. The maximum atomic E-state index is 13.8. The number of nitrogens with one attached hydrogen (secondary N) is 2. The standard InChI is InChI=1S/C20H24FN3O2/c1-14(22-20(26)23-16-5-3-2-4-6-16)18-13-15(21)7-8-19(18)24-11-9-17(25)10-12-24/h2-8,13-14,17,25H,9-12H2,1H3,(H2,22,23,26). The Bertz CT molecular complexity index is 746. The lowest BCUT2D eigenvalue weighted by Gasteiger charge is -2.34. The van der Waals surface area contributed by atoms with E-state index in [-0.39, 0.29) is 24.0 Å². The molecule has 26 heavy (non-hydrogen) atoms. The number of hydrogen-bond acceptors (Lipinski definition) is 3. The van der Waals surface area contributed by atoms with Gasteiger partial charge in [-0.15, -0.1) is 0 Å². The lowest BCUT2D eigenvalue weighted by Crippen LogP contribution is -2.37. The van der Waals surface area contributed by atoms with E-state index in [1.807, 2.05) is 25.1 Å². The number of aliphatic hydroxyl groups excluding tert-OH is 1. The highest BCUT2D eigenvalue weighted by atomic mass is 19.1. The highest BCUT2D eigenvalue weighted by Crippen LogP contribution is 2.29. The minimum atomic E-state index is -0.365. The second-order valence-corrected chi connectivity index (χ2v) is 6.61. The SMILES string of the molecule is CC(NC(=O)Nc1ccccc1)c1cc(F)ccc1N1CCC(O)CC1. The smallest absolute Gasteiger partial charge is 0.319 e. The monoisotopic (exact) mass is 357 g/mol. The van der Waals surface area contributed by atoms with E-state index in [9.17, 15) is 14.3 Å². The normalized spacial score (nSPS) is 16.2. The number of halogens is 1. The number of hydrogen-bond donors (Lipinski definition) is 3. The van der Waals surface area contributed by atoms with E-state index in [0.717, 1.165) is 11.3 Å². The van der Waals surface area contributed by atoms with Crippen molar-refractivity contribution in [3.63, 3.8) is 0 Å². The van der Waals surface area contributed by atoms with Crippen LogP contribution in [0.25, 0.3) is 0 Å². The van der Waals surface area contributed by atoms with Crippen molar-refractivity contribution in [2.45, 2.75) is 31.9 Å². The Morgan fingerprint density at radius 2 is 1.88 bits per heavy atom. The molecule has 2 aromatic carbocycles. The third-order valence-electron chi connectivity index (χ3n) is 4.64. The summed E-state index contributed by atoms with van der Waals surface area (Å²) in [5, 5.41) is 15.3. The molecule has 138 valence electrons. The van der Waals surface area contributed by atoms with Gasteiger partial charge in [-0.25, -0.2) is 9.18 Å². The predicted molar refractivity (Wildman–Crippen MR) is 101 cm³/mol. The second kappa shape index (κ2) is 8.19. The zero-order chi connectivity index (χ0) is 18.5. The summed E-state index contributed by atoms with van der Waals surface area (Å²) in [6.07, 6.45) is 1.10. The molecule has 0 aromatic heterocycles. The van der Waals surface area contributed by atoms with Crippen molar-refractivity contribution in [3.8, 4) is 0 Å². The predicted octanol–water partition coefficient (Wildman–Crippen LogP) is 3.67. The Kier molecular flexibility index (Phi) is 5.73. The lowest BCUT2D eigenvalue weighted by molar-refractivity contribution is 0.145. The Morgan fingerprint density at radius 1 is 1.19 bits per heavy atom. The zero-order valence-electron chi connectivity index (χ0n) is 14.8. The lowest BCUT2D eigenvalue weighted by atomic mass is 10.0. The first-order valence-electron chi connectivity index (χ1n) is 8.88. The quantitative estimate of drug-likeness (QED) is 0.782. The molecule has 0 radical (unpaired) electrons. The first-order chi connectivity index (χ1) is 12.5. The van der Waals surface area contributed by atoms with Crippen LogP contribution in [-0.2, 0) is 0 Å². The average molecular weight is 357 g/mol. The molecule has 6 heteroatoms. The molecular weight excluding hydrogens is 333 g/mol. The van der Waals surface area contributed by atoms with Crippen molar-refractivity contribution in [2.75, 3.05) is 23.3 Å². The van der Waals surface area contributed by atoms with Crippen molar-refractivity contribution in [1.29, 1.82) is 0 Å². The van der Waals surface area contributed by atoms with Crippen LogP contribution in [0.3, 0.4) is 0 Å². The number of carbonyl (C=O) groups excluding carboxylic acids is 1. The van der Waals surface area contributed by atoms with Crippen LogP contribution in [0.1, 0.15) is 31.4 Å². The number of carbonyl (C=O) groups is 1. The first kappa shape index (κ1) is 18.2. The number of urea groups is 1. The summed E-state index contributed by atoms with van der Waals surface area (Å²) in [5.74, 6) is -0.335. The van der Waals surface area contributed by atoms with Crippen LogP contribution in [0.2, 0.25) is 0 Å². The largest absolute Gasteiger partial charge is 0.393 e. The molecule has 0 aliphatic carbocycles. The maximum absolute atomic E-state index is 13.8. The van der Waals surface area contributed by atoms with Crippen LogP contribution >= 0.6 is 0 Å². The van der Waals surface area contributed by atoms with E-state index in [2.05, 4.69) is 15.5 Å². The van der Waals surface area contributed by atoms with E-state index in [1.165, 1.54) is 12.1 Å². The topological polar surface area (TPSA) is 64.6 Å². The molecular formula is C20H24FN3O2. The van der Waals surface area contributed by atoms with Gasteiger partial charge in [0.2, 0.25) is 0 Å². The fraction of sp³-hybridized carbons (Fsp3) is 0.350. The van der Waals surface area contributed by atoms with E-state index >= 15 is 0 Å². The van der Waals surface area contributed by atoms with Gasteiger partial charge in [-0.1, -0.05) is 18.2 Å². The van der Waals surface area contributed by atoms with Gasteiger partial charge < -0.3 is 20.6 Å². The maximum Gasteiger partial charge on any atom is 0.319 e. The van der Waals surface area contributed by atoms with Crippen molar-refractivity contribution in [1.82, 2.24) is 5.32 Å². The number of amides is 2. The van der Waals surface area contributed by atoms with Crippen molar-refractivity contribution in [3.05, 3.63) is 59.9 Å². The number of benzene rings is 2. The molecule has 1 aliphatic rings. The molecule has 1 saturated heterocycles. The van der Waals surface area contributed by atoms with Crippen LogP contribution in [0, 0.1) is 5.82 Å². The molecule has 1 aliphatic heterocycles. The fourth-order valence-electron chi connectivity index (χ4n) is 3.23. The van der Waals surface area contributed by atoms with Gasteiger partial charge in [0.05, 0.1) is 12.1 Å². The molecule has 1 atom stereocenters. The summed E-state index contributed by atoms with van der Waals surface area (Å²) in [4.78, 5) is 14.4. The first-order valence-corrected chi connectivity index (χ1v) is 8.88. The summed E-state index contributed by atoms with van der Waals surface area (Å²) in [6.45, 7) is 3.26. The number of aliphatic hydroxyl groups is 1. The van der Waals surface area contributed by atoms with Gasteiger partial charge in [0.1, 0.15) is 5.82 Å². The number of rotatable bonds is 4. The molecule has 0 spiro atoms. The molecule has 2 aromatic rings. The van der Waals surface area contributed by atoms with Gasteiger partial charge >= 0.3 is 6.03 Å². The number of nitrogens with zero attached hydrogens (tertiary/aromatic N) is 1. The molecule has 3 rings (SSSR count). The molecule has 0 bridgehead atoms. The van der Waals surface area contributed by atoms with E-state index in [0.29, 0.717) is 31.6 Å². The Morgan fingerprint density at radius 3 is 2.58 bits per heavy atom. The molecule has 3 N–H and O–H groups in total. The fourth-order valence-corrected chi connectivity index (χ4v) is 3.23. The Hall–Kier alpha value is -2.60. The van der Waals surface area contributed by atoms with E-state index < -0.39 is 0 Å². The van der Waals surface area contributed by atoms with Gasteiger partial charge in [0, 0.05) is 30.0 Å². The minimum absolute atomic E-state index is 0.276.